The summed E-state index contributed by atoms with van der Waals surface area (Å²) in [6, 6.07) is 10.4. The summed E-state index contributed by atoms with van der Waals surface area (Å²) in [7, 11) is 2.94. The van der Waals surface area contributed by atoms with E-state index >= 15 is 0 Å². The minimum Gasteiger partial charge on any atom is -0.497 e. The zero-order chi connectivity index (χ0) is 20.0. The first kappa shape index (κ1) is 19.8. The van der Waals surface area contributed by atoms with Crippen LogP contribution in [-0.4, -0.2) is 25.1 Å². The predicted octanol–water partition coefficient (Wildman–Crippen LogP) is 3.81. The van der Waals surface area contributed by atoms with Crippen LogP contribution in [0.25, 0.3) is 6.08 Å². The number of nitrogens with zero attached hydrogens (tertiary/aromatic N) is 2. The zero-order valence-corrected chi connectivity index (χ0v) is 15.1. The predicted molar refractivity (Wildman–Crippen MR) is 99.9 cm³/mol. The molecule has 0 saturated carbocycles. The van der Waals surface area contributed by atoms with Crippen molar-refractivity contribution in [2.45, 2.75) is 0 Å². The molecule has 0 spiro atoms. The number of nitro benzene ring substituents is 1. The van der Waals surface area contributed by atoms with E-state index in [9.17, 15) is 20.2 Å². The number of hydrogen-bond acceptors (Lipinski definition) is 6. The van der Waals surface area contributed by atoms with Gasteiger partial charge in [0, 0.05) is 22.7 Å². The maximum atomic E-state index is 12.4. The monoisotopic (exact) mass is 387 g/mol. The van der Waals surface area contributed by atoms with Crippen LogP contribution in [0.5, 0.6) is 11.5 Å². The second kappa shape index (κ2) is 8.69. The Morgan fingerprint density at radius 1 is 1.26 bits per heavy atom. The highest BCUT2D eigenvalue weighted by molar-refractivity contribution is 6.31. The molecule has 0 atom stereocenters. The van der Waals surface area contributed by atoms with Gasteiger partial charge in [-0.3, -0.25) is 14.9 Å². The molecule has 2 rings (SSSR count). The minimum absolute atomic E-state index is 0.0720. The number of rotatable bonds is 6. The summed E-state index contributed by atoms with van der Waals surface area (Å²) in [6.07, 6.45) is 1.31. The molecule has 2 aromatic rings. The van der Waals surface area contributed by atoms with Crippen molar-refractivity contribution in [3.05, 3.63) is 62.7 Å². The number of nitriles is 1. The van der Waals surface area contributed by atoms with Crippen molar-refractivity contribution in [1.29, 1.82) is 5.26 Å². The van der Waals surface area contributed by atoms with Crippen LogP contribution in [0.15, 0.2) is 42.0 Å². The SMILES string of the molecule is COc1ccc(C=C(C#N)C(=O)Nc2ccc(Cl)cc2[N+](=O)[O-])c(OC)c1. The lowest BCUT2D eigenvalue weighted by Gasteiger charge is -2.09. The van der Waals surface area contributed by atoms with Crippen LogP contribution < -0.4 is 14.8 Å². The molecule has 0 fully saturated rings. The molecule has 0 aliphatic heterocycles. The molecule has 0 heterocycles. The van der Waals surface area contributed by atoms with Crippen LogP contribution in [-0.2, 0) is 4.79 Å². The van der Waals surface area contributed by atoms with Crippen LogP contribution >= 0.6 is 11.6 Å². The van der Waals surface area contributed by atoms with E-state index in [1.165, 1.54) is 32.4 Å². The first-order valence-electron chi connectivity index (χ1n) is 7.48. The fourth-order valence-corrected chi connectivity index (χ4v) is 2.36. The van der Waals surface area contributed by atoms with Gasteiger partial charge < -0.3 is 14.8 Å². The second-order valence-electron chi connectivity index (χ2n) is 5.15. The van der Waals surface area contributed by atoms with Crippen molar-refractivity contribution < 1.29 is 19.2 Å². The summed E-state index contributed by atoms with van der Waals surface area (Å²) >= 11 is 5.75. The highest BCUT2D eigenvalue weighted by Crippen LogP contribution is 2.29. The Morgan fingerprint density at radius 2 is 2.00 bits per heavy atom. The molecule has 0 saturated heterocycles. The number of ether oxygens (including phenoxy) is 2. The van der Waals surface area contributed by atoms with Gasteiger partial charge in [-0.25, -0.2) is 0 Å². The number of anilines is 1. The van der Waals surface area contributed by atoms with Gasteiger partial charge in [-0.15, -0.1) is 0 Å². The van der Waals surface area contributed by atoms with Gasteiger partial charge in [0.15, 0.2) is 0 Å². The Hall–Kier alpha value is -3.57. The Bertz CT molecular complexity index is 966. The molecule has 0 aromatic heterocycles. The number of benzene rings is 2. The van der Waals surface area contributed by atoms with Crippen LogP contribution in [0.2, 0.25) is 5.02 Å². The Morgan fingerprint density at radius 3 is 2.59 bits per heavy atom. The van der Waals surface area contributed by atoms with Crippen molar-refractivity contribution in [1.82, 2.24) is 0 Å². The Labute approximate surface area is 159 Å². The average molecular weight is 388 g/mol. The van der Waals surface area contributed by atoms with E-state index in [4.69, 9.17) is 21.1 Å². The van der Waals surface area contributed by atoms with Gasteiger partial charge in [-0.05, 0) is 30.3 Å². The number of halogens is 1. The number of carbonyl (C=O) groups excluding carboxylic acids is 1. The lowest BCUT2D eigenvalue weighted by atomic mass is 10.1. The summed E-state index contributed by atoms with van der Waals surface area (Å²) < 4.78 is 10.3. The van der Waals surface area contributed by atoms with Gasteiger partial charge in [0.05, 0.1) is 19.1 Å². The molecule has 1 amide bonds. The van der Waals surface area contributed by atoms with Crippen LogP contribution in [0.4, 0.5) is 11.4 Å². The maximum Gasteiger partial charge on any atom is 0.294 e. The summed E-state index contributed by atoms with van der Waals surface area (Å²) in [6.45, 7) is 0. The highest BCUT2D eigenvalue weighted by Gasteiger charge is 2.19. The maximum absolute atomic E-state index is 12.4. The van der Waals surface area contributed by atoms with Crippen molar-refractivity contribution in [2.24, 2.45) is 0 Å². The largest absolute Gasteiger partial charge is 0.497 e. The number of hydrogen-bond donors (Lipinski definition) is 1. The smallest absolute Gasteiger partial charge is 0.294 e. The molecule has 2 aromatic carbocycles. The average Bonchev–Trinajstić information content (AvgIpc) is 2.67. The van der Waals surface area contributed by atoms with E-state index in [2.05, 4.69) is 5.32 Å². The third-order valence-electron chi connectivity index (χ3n) is 3.51. The lowest BCUT2D eigenvalue weighted by molar-refractivity contribution is -0.383. The third kappa shape index (κ3) is 4.74. The molecule has 27 heavy (non-hydrogen) atoms. The van der Waals surface area contributed by atoms with Gasteiger partial charge in [0.2, 0.25) is 0 Å². The molecule has 0 radical (unpaired) electrons. The normalized spacial score (nSPS) is 10.7. The third-order valence-corrected chi connectivity index (χ3v) is 3.75. The van der Waals surface area contributed by atoms with Crippen molar-refractivity contribution in [2.75, 3.05) is 19.5 Å². The second-order valence-corrected chi connectivity index (χ2v) is 5.59. The van der Waals surface area contributed by atoms with Crippen LogP contribution in [0, 0.1) is 21.4 Å². The summed E-state index contributed by atoms with van der Waals surface area (Å²) in [5.74, 6) is 0.136. The van der Waals surface area contributed by atoms with Crippen molar-refractivity contribution in [3.63, 3.8) is 0 Å². The van der Waals surface area contributed by atoms with Gasteiger partial charge in [-0.1, -0.05) is 11.6 Å². The van der Waals surface area contributed by atoms with Crippen molar-refractivity contribution in [3.8, 4) is 17.6 Å². The van der Waals surface area contributed by atoms with E-state index in [0.717, 1.165) is 6.07 Å². The zero-order valence-electron chi connectivity index (χ0n) is 14.4. The number of amides is 1. The number of nitro groups is 1. The van der Waals surface area contributed by atoms with Crippen LogP contribution in [0.1, 0.15) is 5.56 Å². The molecule has 8 nitrogen and oxygen atoms in total. The Balaban J connectivity index is 2.36. The van der Waals surface area contributed by atoms with Gasteiger partial charge in [-0.2, -0.15) is 5.26 Å². The van der Waals surface area contributed by atoms with Gasteiger partial charge in [0.1, 0.15) is 28.8 Å². The van der Waals surface area contributed by atoms with Gasteiger partial charge >= 0.3 is 0 Å². The molecule has 0 bridgehead atoms. The van der Waals surface area contributed by atoms with E-state index in [-0.39, 0.29) is 22.0 Å². The molecule has 9 heteroatoms. The lowest BCUT2D eigenvalue weighted by Crippen LogP contribution is -2.14. The summed E-state index contributed by atoms with van der Waals surface area (Å²) in [5.41, 5.74) is -0.245. The number of methoxy groups -OCH3 is 2. The van der Waals surface area contributed by atoms with Crippen molar-refractivity contribution >= 4 is 35.0 Å². The highest BCUT2D eigenvalue weighted by atomic mass is 35.5. The number of carbonyl (C=O) groups is 1. The van der Waals surface area contributed by atoms with E-state index in [1.54, 1.807) is 24.3 Å². The fourth-order valence-electron chi connectivity index (χ4n) is 2.19. The molecule has 0 unspecified atom stereocenters. The first-order valence-corrected chi connectivity index (χ1v) is 7.86. The van der Waals surface area contributed by atoms with E-state index < -0.39 is 10.8 Å². The first-order chi connectivity index (χ1) is 12.9. The molecular formula is C18H14ClN3O5. The topological polar surface area (TPSA) is 114 Å². The fraction of sp³-hybridized carbons (Fsp3) is 0.111. The Kier molecular flexibility index (Phi) is 6.36. The van der Waals surface area contributed by atoms with E-state index in [0.29, 0.717) is 17.1 Å². The van der Waals surface area contributed by atoms with Gasteiger partial charge in [0.25, 0.3) is 11.6 Å². The molecule has 0 aliphatic rings. The number of nitrogens with one attached hydrogen (secondary N) is 1. The molecule has 1 N–H and O–H groups in total. The quantitative estimate of drug-likeness (QED) is 0.349. The summed E-state index contributed by atoms with van der Waals surface area (Å²) in [4.78, 5) is 22.8. The molecular weight excluding hydrogens is 374 g/mol. The summed E-state index contributed by atoms with van der Waals surface area (Å²) in [5, 5.41) is 22.9. The minimum atomic E-state index is -0.805. The van der Waals surface area contributed by atoms with Crippen LogP contribution in [0.3, 0.4) is 0 Å². The molecule has 0 aliphatic carbocycles. The standard InChI is InChI=1S/C18H14ClN3O5/c1-26-14-5-3-11(17(9-14)27-2)7-12(10-20)18(23)21-15-6-4-13(19)8-16(15)22(24)25/h3-9H,1-2H3,(H,21,23). The van der Waals surface area contributed by atoms with E-state index in [1.807, 2.05) is 0 Å². The molecule has 138 valence electrons.